The Bertz CT molecular complexity index is 861. The first-order valence-electron chi connectivity index (χ1n) is 6.72. The molecule has 9 heteroatoms. The van der Waals surface area contributed by atoms with Gasteiger partial charge in [-0.15, -0.1) is 0 Å². The highest BCUT2D eigenvalue weighted by Crippen LogP contribution is 2.28. The van der Waals surface area contributed by atoms with Gasteiger partial charge >= 0.3 is 0 Å². The van der Waals surface area contributed by atoms with Gasteiger partial charge in [0.05, 0.1) is 4.47 Å². The molecule has 128 valence electrons. The molecule has 2 aromatic rings. The monoisotopic (exact) mass is 418 g/mol. The van der Waals surface area contributed by atoms with Crippen molar-refractivity contribution in [2.75, 3.05) is 6.54 Å². The van der Waals surface area contributed by atoms with Gasteiger partial charge in [0.2, 0.25) is 10.0 Å². The fourth-order valence-electron chi connectivity index (χ4n) is 2.06. The van der Waals surface area contributed by atoms with Crippen molar-refractivity contribution in [3.63, 3.8) is 0 Å². The number of nitrogens with one attached hydrogen (secondary N) is 1. The summed E-state index contributed by atoms with van der Waals surface area (Å²) in [6, 6.07) is 9.90. The quantitative estimate of drug-likeness (QED) is 0.729. The second kappa shape index (κ2) is 7.37. The minimum Gasteiger partial charge on any atom is -0.329 e. The van der Waals surface area contributed by atoms with Crippen molar-refractivity contribution in [1.82, 2.24) is 4.72 Å². The lowest BCUT2D eigenvalue weighted by Gasteiger charge is -2.18. The second-order valence-electron chi connectivity index (χ2n) is 4.83. The summed E-state index contributed by atoms with van der Waals surface area (Å²) in [5, 5.41) is -1.62. The predicted octanol–water partition coefficient (Wildman–Crippen LogP) is 2.49. The van der Waals surface area contributed by atoms with Gasteiger partial charge in [0.15, 0.2) is 11.6 Å². The summed E-state index contributed by atoms with van der Waals surface area (Å²) in [4.78, 5) is 12.0. The number of benzene rings is 2. The van der Waals surface area contributed by atoms with Gasteiger partial charge in [-0.1, -0.05) is 24.3 Å². The number of amides is 1. The molecule has 0 aliphatic carbocycles. The van der Waals surface area contributed by atoms with Crippen LogP contribution in [0.3, 0.4) is 0 Å². The summed E-state index contributed by atoms with van der Waals surface area (Å²) in [7, 11) is -4.37. The van der Waals surface area contributed by atoms with Crippen LogP contribution in [-0.4, -0.2) is 20.9 Å². The van der Waals surface area contributed by atoms with E-state index in [4.69, 9.17) is 5.73 Å². The maximum Gasteiger partial charge on any atom is 0.264 e. The number of nitrogens with two attached hydrogens (primary N) is 1. The molecular weight excluding hydrogens is 406 g/mol. The summed E-state index contributed by atoms with van der Waals surface area (Å²) in [6.45, 7) is -0.532. The standard InChI is InChI=1S/C15H13BrF2N2O3S/c16-11-7-6-10(13(17)14(11)18)12(8-19)24(22,23)20-15(21)9-4-2-1-3-5-9/h1-7,12H,8,19H2,(H,20,21). The molecule has 5 nitrogen and oxygen atoms in total. The smallest absolute Gasteiger partial charge is 0.264 e. The zero-order chi connectivity index (χ0) is 17.9. The zero-order valence-electron chi connectivity index (χ0n) is 12.2. The van der Waals surface area contributed by atoms with Crippen LogP contribution in [0.1, 0.15) is 21.2 Å². The van der Waals surface area contributed by atoms with Crippen LogP contribution < -0.4 is 10.5 Å². The van der Waals surface area contributed by atoms with Gasteiger partial charge in [-0.05, 0) is 34.1 Å². The molecule has 0 heterocycles. The maximum absolute atomic E-state index is 14.1. The average molecular weight is 419 g/mol. The minimum absolute atomic E-state index is 0.110. The van der Waals surface area contributed by atoms with Gasteiger partial charge in [-0.3, -0.25) is 4.79 Å². The molecular formula is C15H13BrF2N2O3S. The Morgan fingerprint density at radius 1 is 1.12 bits per heavy atom. The molecule has 2 rings (SSSR count). The number of carbonyl (C=O) groups is 1. The van der Waals surface area contributed by atoms with E-state index in [0.29, 0.717) is 0 Å². The lowest BCUT2D eigenvalue weighted by atomic mass is 10.1. The molecule has 0 aliphatic heterocycles. The van der Waals surface area contributed by atoms with Crippen molar-refractivity contribution in [1.29, 1.82) is 0 Å². The van der Waals surface area contributed by atoms with E-state index < -0.39 is 44.9 Å². The first-order valence-corrected chi connectivity index (χ1v) is 9.06. The third-order valence-corrected chi connectivity index (χ3v) is 5.55. The first-order chi connectivity index (χ1) is 11.3. The van der Waals surface area contributed by atoms with E-state index in [9.17, 15) is 22.0 Å². The summed E-state index contributed by atoms with van der Waals surface area (Å²) in [6.07, 6.45) is 0. The Morgan fingerprint density at radius 2 is 1.75 bits per heavy atom. The third-order valence-electron chi connectivity index (χ3n) is 3.27. The number of halogens is 3. The zero-order valence-corrected chi connectivity index (χ0v) is 14.6. The normalized spacial score (nSPS) is 12.7. The topological polar surface area (TPSA) is 89.3 Å². The van der Waals surface area contributed by atoms with Crippen molar-refractivity contribution in [3.8, 4) is 0 Å². The molecule has 0 fully saturated rings. The van der Waals surface area contributed by atoms with Gasteiger partial charge in [-0.2, -0.15) is 0 Å². The van der Waals surface area contributed by atoms with Gasteiger partial charge in [0.1, 0.15) is 5.25 Å². The summed E-state index contributed by atoms with van der Waals surface area (Å²) < 4.78 is 54.2. The molecule has 0 aromatic heterocycles. The van der Waals surface area contributed by atoms with Crippen molar-refractivity contribution in [2.24, 2.45) is 5.73 Å². The van der Waals surface area contributed by atoms with Crippen LogP contribution in [0.5, 0.6) is 0 Å². The maximum atomic E-state index is 14.1. The van der Waals surface area contributed by atoms with Crippen LogP contribution in [-0.2, 0) is 10.0 Å². The largest absolute Gasteiger partial charge is 0.329 e. The number of sulfonamides is 1. The molecule has 2 aromatic carbocycles. The predicted molar refractivity (Wildman–Crippen MR) is 88.7 cm³/mol. The van der Waals surface area contributed by atoms with Gasteiger partial charge < -0.3 is 5.73 Å². The van der Waals surface area contributed by atoms with Gasteiger partial charge in [0.25, 0.3) is 5.91 Å². The molecule has 3 N–H and O–H groups in total. The van der Waals surface area contributed by atoms with Crippen molar-refractivity contribution >= 4 is 31.9 Å². The van der Waals surface area contributed by atoms with Crippen LogP contribution in [0.15, 0.2) is 46.9 Å². The van der Waals surface area contributed by atoms with Crippen LogP contribution >= 0.6 is 15.9 Å². The average Bonchev–Trinajstić information content (AvgIpc) is 2.55. The highest BCUT2D eigenvalue weighted by atomic mass is 79.9. The molecule has 0 spiro atoms. The third kappa shape index (κ3) is 3.80. The molecule has 1 unspecified atom stereocenters. The first kappa shape index (κ1) is 18.5. The molecule has 0 aliphatic rings. The number of hydrogen-bond donors (Lipinski definition) is 2. The molecule has 0 bridgehead atoms. The lowest BCUT2D eigenvalue weighted by molar-refractivity contribution is 0.0981. The molecule has 1 amide bonds. The van der Waals surface area contributed by atoms with E-state index in [0.717, 1.165) is 6.07 Å². The Hall–Kier alpha value is -1.84. The highest BCUT2D eigenvalue weighted by Gasteiger charge is 2.31. The highest BCUT2D eigenvalue weighted by molar-refractivity contribution is 9.10. The van der Waals surface area contributed by atoms with Crippen molar-refractivity contribution in [2.45, 2.75) is 5.25 Å². The van der Waals surface area contributed by atoms with E-state index in [-0.39, 0.29) is 10.0 Å². The summed E-state index contributed by atoms with van der Waals surface area (Å²) in [5.41, 5.74) is 5.09. The molecule has 24 heavy (non-hydrogen) atoms. The fourth-order valence-corrected chi connectivity index (χ4v) is 3.65. The van der Waals surface area contributed by atoms with E-state index >= 15 is 0 Å². The van der Waals surface area contributed by atoms with Crippen LogP contribution in [0.4, 0.5) is 8.78 Å². The van der Waals surface area contributed by atoms with Gasteiger partial charge in [0, 0.05) is 17.7 Å². The Morgan fingerprint density at radius 3 is 2.33 bits per heavy atom. The minimum atomic E-state index is -4.37. The van der Waals surface area contributed by atoms with Crippen LogP contribution in [0.2, 0.25) is 0 Å². The van der Waals surface area contributed by atoms with Crippen molar-refractivity contribution in [3.05, 3.63) is 69.7 Å². The molecule has 0 saturated carbocycles. The molecule has 1 atom stereocenters. The number of carbonyl (C=O) groups excluding carboxylic acids is 1. The summed E-state index contributed by atoms with van der Waals surface area (Å²) >= 11 is 2.81. The SMILES string of the molecule is NCC(c1ccc(Br)c(F)c1F)S(=O)(=O)NC(=O)c1ccccc1. The van der Waals surface area contributed by atoms with E-state index in [2.05, 4.69) is 15.9 Å². The van der Waals surface area contributed by atoms with Crippen LogP contribution in [0, 0.1) is 11.6 Å². The Kier molecular flexibility index (Phi) is 5.68. The van der Waals surface area contributed by atoms with E-state index in [1.54, 1.807) is 18.2 Å². The van der Waals surface area contributed by atoms with Crippen molar-refractivity contribution < 1.29 is 22.0 Å². The Balaban J connectivity index is 2.36. The Labute approximate surface area is 146 Å². The van der Waals surface area contributed by atoms with E-state index in [1.165, 1.54) is 18.2 Å². The molecule has 0 saturated heterocycles. The lowest BCUT2D eigenvalue weighted by Crippen LogP contribution is -2.37. The van der Waals surface area contributed by atoms with Gasteiger partial charge in [-0.25, -0.2) is 21.9 Å². The molecule has 0 radical (unpaired) electrons. The number of hydrogen-bond acceptors (Lipinski definition) is 4. The fraction of sp³-hybridized carbons (Fsp3) is 0.133. The van der Waals surface area contributed by atoms with Crippen LogP contribution in [0.25, 0.3) is 0 Å². The second-order valence-corrected chi connectivity index (χ2v) is 7.55. The number of rotatable bonds is 5. The van der Waals surface area contributed by atoms with E-state index in [1.807, 2.05) is 4.72 Å². The summed E-state index contributed by atoms with van der Waals surface area (Å²) in [5.74, 6) is -3.44.